The Labute approximate surface area is 224 Å². The van der Waals surface area contributed by atoms with Gasteiger partial charge in [0.15, 0.2) is 11.5 Å². The van der Waals surface area contributed by atoms with Gasteiger partial charge in [-0.2, -0.15) is 0 Å². The average molecular weight is 517 g/mol. The predicted octanol–water partition coefficient (Wildman–Crippen LogP) is 4.59. The van der Waals surface area contributed by atoms with E-state index in [-0.39, 0.29) is 17.1 Å². The van der Waals surface area contributed by atoms with E-state index in [4.69, 9.17) is 14.2 Å². The number of amides is 1. The van der Waals surface area contributed by atoms with Crippen molar-refractivity contribution in [1.29, 1.82) is 0 Å². The standard InChI is InChI=1S/C31H36N2O5/c1-20-27(30(35)33-12-14-37-15-13-33)28(29-23(32-20)17-31(2,3)18-24(29)34)22-10-11-25(26(16-22)36-4)38-19-21-8-6-5-7-9-21/h5-11,16-17,28-29,32H,12-15,18-19H2,1-4H3. The molecule has 1 amide bonds. The van der Waals surface area contributed by atoms with Gasteiger partial charge in [0.25, 0.3) is 5.91 Å². The van der Waals surface area contributed by atoms with Crippen molar-refractivity contribution in [2.75, 3.05) is 33.4 Å². The van der Waals surface area contributed by atoms with Crippen LogP contribution in [0.3, 0.4) is 0 Å². The molecule has 1 saturated heterocycles. The van der Waals surface area contributed by atoms with Crippen LogP contribution >= 0.6 is 0 Å². The molecule has 2 aromatic carbocycles. The van der Waals surface area contributed by atoms with Crippen molar-refractivity contribution in [3.05, 3.63) is 82.7 Å². The van der Waals surface area contributed by atoms with Gasteiger partial charge in [-0.3, -0.25) is 9.59 Å². The third-order valence-electron chi connectivity index (χ3n) is 7.55. The summed E-state index contributed by atoms with van der Waals surface area (Å²) >= 11 is 0. The largest absolute Gasteiger partial charge is 0.493 e. The third kappa shape index (κ3) is 5.20. The topological polar surface area (TPSA) is 77.1 Å². The number of ketones is 1. The number of benzene rings is 2. The number of allylic oxidation sites excluding steroid dienone is 3. The lowest BCUT2D eigenvalue weighted by Gasteiger charge is -2.43. The monoisotopic (exact) mass is 516 g/mol. The minimum Gasteiger partial charge on any atom is -0.493 e. The molecular formula is C31H36N2O5. The number of hydrogen-bond donors (Lipinski definition) is 1. The van der Waals surface area contributed by atoms with Gasteiger partial charge in [-0.05, 0) is 35.6 Å². The minimum atomic E-state index is -0.465. The molecule has 2 aliphatic heterocycles. The van der Waals surface area contributed by atoms with E-state index in [1.807, 2.05) is 60.4 Å². The molecule has 0 spiro atoms. The highest BCUT2D eigenvalue weighted by molar-refractivity contribution is 5.99. The van der Waals surface area contributed by atoms with Crippen LogP contribution in [-0.2, 0) is 20.9 Å². The minimum absolute atomic E-state index is 0.0524. The molecule has 7 nitrogen and oxygen atoms in total. The van der Waals surface area contributed by atoms with Gasteiger partial charge in [-0.1, -0.05) is 56.3 Å². The fourth-order valence-electron chi connectivity index (χ4n) is 5.78. The highest BCUT2D eigenvalue weighted by atomic mass is 16.5. The number of fused-ring (bicyclic) bond motifs is 1. The Morgan fingerprint density at radius 2 is 1.82 bits per heavy atom. The Hall–Kier alpha value is -3.58. The first-order chi connectivity index (χ1) is 18.3. The number of Topliss-reactive ketones (excluding diaryl/α,β-unsaturated/α-hetero) is 1. The van der Waals surface area contributed by atoms with E-state index in [0.29, 0.717) is 56.4 Å². The normalized spacial score (nSPS) is 22.8. The molecule has 2 aromatic rings. The van der Waals surface area contributed by atoms with Gasteiger partial charge < -0.3 is 24.4 Å². The summed E-state index contributed by atoms with van der Waals surface area (Å²) in [5.41, 5.74) is 3.94. The van der Waals surface area contributed by atoms with Crippen LogP contribution < -0.4 is 14.8 Å². The summed E-state index contributed by atoms with van der Waals surface area (Å²) in [6.07, 6.45) is 2.58. The van der Waals surface area contributed by atoms with Crippen molar-refractivity contribution < 1.29 is 23.8 Å². The fourth-order valence-corrected chi connectivity index (χ4v) is 5.78. The summed E-state index contributed by atoms with van der Waals surface area (Å²) in [5.74, 6) is 0.368. The van der Waals surface area contributed by atoms with Crippen LogP contribution in [0.2, 0.25) is 0 Å². The fraction of sp³-hybridized carbons (Fsp3) is 0.419. The molecule has 1 aliphatic carbocycles. The number of nitrogens with zero attached hydrogens (tertiary/aromatic N) is 1. The van der Waals surface area contributed by atoms with Crippen molar-refractivity contribution in [3.8, 4) is 11.5 Å². The summed E-state index contributed by atoms with van der Waals surface area (Å²) in [6, 6.07) is 15.7. The first kappa shape index (κ1) is 26.0. The lowest BCUT2D eigenvalue weighted by Crippen LogP contribution is -2.48. The van der Waals surface area contributed by atoms with E-state index in [9.17, 15) is 9.59 Å². The van der Waals surface area contributed by atoms with Gasteiger partial charge in [0.1, 0.15) is 12.4 Å². The Balaban J connectivity index is 1.55. The second-order valence-corrected chi connectivity index (χ2v) is 10.9. The van der Waals surface area contributed by atoms with Crippen molar-refractivity contribution in [1.82, 2.24) is 10.2 Å². The zero-order chi connectivity index (χ0) is 26.9. The number of nitrogens with one attached hydrogen (secondary N) is 1. The van der Waals surface area contributed by atoms with E-state index >= 15 is 0 Å². The second kappa shape index (κ2) is 10.7. The third-order valence-corrected chi connectivity index (χ3v) is 7.55. The Morgan fingerprint density at radius 3 is 2.53 bits per heavy atom. The van der Waals surface area contributed by atoms with Gasteiger partial charge in [0, 0.05) is 42.4 Å². The maximum atomic E-state index is 13.9. The number of carbonyl (C=O) groups is 2. The molecule has 0 saturated carbocycles. The average Bonchev–Trinajstić information content (AvgIpc) is 2.91. The van der Waals surface area contributed by atoms with Gasteiger partial charge >= 0.3 is 0 Å². The first-order valence-electron chi connectivity index (χ1n) is 13.2. The molecule has 7 heteroatoms. The van der Waals surface area contributed by atoms with E-state index in [1.54, 1.807) is 7.11 Å². The van der Waals surface area contributed by atoms with Crippen LogP contribution in [0, 0.1) is 11.3 Å². The number of rotatable bonds is 6. The van der Waals surface area contributed by atoms with Crippen LogP contribution in [0.4, 0.5) is 0 Å². The number of hydrogen-bond acceptors (Lipinski definition) is 6. The Bertz CT molecular complexity index is 1270. The van der Waals surface area contributed by atoms with Crippen LogP contribution in [0.15, 0.2) is 71.6 Å². The maximum absolute atomic E-state index is 13.9. The molecule has 1 fully saturated rings. The molecule has 200 valence electrons. The molecule has 0 aromatic heterocycles. The number of ether oxygens (including phenoxy) is 3. The van der Waals surface area contributed by atoms with E-state index < -0.39 is 11.8 Å². The van der Waals surface area contributed by atoms with E-state index in [2.05, 4.69) is 25.2 Å². The van der Waals surface area contributed by atoms with E-state index in [0.717, 1.165) is 22.5 Å². The Morgan fingerprint density at radius 1 is 1.08 bits per heavy atom. The molecule has 1 N–H and O–H groups in total. The second-order valence-electron chi connectivity index (χ2n) is 10.9. The zero-order valence-corrected chi connectivity index (χ0v) is 22.6. The summed E-state index contributed by atoms with van der Waals surface area (Å²) in [4.78, 5) is 29.4. The summed E-state index contributed by atoms with van der Waals surface area (Å²) in [5, 5.41) is 3.44. The first-order valence-corrected chi connectivity index (χ1v) is 13.2. The lowest BCUT2D eigenvalue weighted by atomic mass is 9.66. The van der Waals surface area contributed by atoms with Crippen LogP contribution in [0.5, 0.6) is 11.5 Å². The van der Waals surface area contributed by atoms with E-state index in [1.165, 1.54) is 0 Å². The molecular weight excluding hydrogens is 480 g/mol. The number of carbonyl (C=O) groups excluding carboxylic acids is 2. The highest BCUT2D eigenvalue weighted by Gasteiger charge is 2.46. The molecule has 2 heterocycles. The Kier molecular flexibility index (Phi) is 7.30. The zero-order valence-electron chi connectivity index (χ0n) is 22.6. The lowest BCUT2D eigenvalue weighted by molar-refractivity contribution is -0.132. The van der Waals surface area contributed by atoms with Gasteiger partial charge in [0.2, 0.25) is 0 Å². The number of morpholine rings is 1. The van der Waals surface area contributed by atoms with Crippen molar-refractivity contribution in [2.24, 2.45) is 11.3 Å². The molecule has 2 unspecified atom stereocenters. The van der Waals surface area contributed by atoms with Crippen molar-refractivity contribution in [3.63, 3.8) is 0 Å². The predicted molar refractivity (Wildman–Crippen MR) is 145 cm³/mol. The molecule has 2 atom stereocenters. The highest BCUT2D eigenvalue weighted by Crippen LogP contribution is 2.48. The van der Waals surface area contributed by atoms with Crippen molar-refractivity contribution in [2.45, 2.75) is 39.7 Å². The van der Waals surface area contributed by atoms with Gasteiger partial charge in [0.05, 0.1) is 26.2 Å². The number of methoxy groups -OCH3 is 1. The smallest absolute Gasteiger partial charge is 0.252 e. The molecule has 5 rings (SSSR count). The summed E-state index contributed by atoms with van der Waals surface area (Å²) in [7, 11) is 1.61. The quantitative estimate of drug-likeness (QED) is 0.605. The van der Waals surface area contributed by atoms with Crippen molar-refractivity contribution >= 4 is 11.7 Å². The SMILES string of the molecule is COc1cc(C2C(C(=O)N3CCOCC3)=C(C)NC3=CC(C)(C)CC(=O)C32)ccc1OCc1ccccc1. The molecule has 0 radical (unpaired) electrons. The van der Waals surface area contributed by atoms with Gasteiger partial charge in [-0.25, -0.2) is 0 Å². The maximum Gasteiger partial charge on any atom is 0.252 e. The molecule has 3 aliphatic rings. The molecule has 38 heavy (non-hydrogen) atoms. The van der Waals surface area contributed by atoms with Crippen LogP contribution in [-0.4, -0.2) is 50.0 Å². The van der Waals surface area contributed by atoms with Gasteiger partial charge in [-0.15, -0.1) is 0 Å². The molecule has 0 bridgehead atoms. The van der Waals surface area contributed by atoms with Crippen LogP contribution in [0.25, 0.3) is 0 Å². The summed E-state index contributed by atoms with van der Waals surface area (Å²) < 4.78 is 17.3. The summed E-state index contributed by atoms with van der Waals surface area (Å²) in [6.45, 7) is 8.57. The van der Waals surface area contributed by atoms with Crippen LogP contribution in [0.1, 0.15) is 44.2 Å².